The Labute approximate surface area is 106 Å². The summed E-state index contributed by atoms with van der Waals surface area (Å²) in [5.41, 5.74) is 0. The van der Waals surface area contributed by atoms with E-state index in [0.717, 1.165) is 19.7 Å². The lowest BCUT2D eigenvalue weighted by Crippen LogP contribution is -2.48. The maximum Gasteiger partial charge on any atom is 0.0618 e. The number of piperazine rings is 1. The van der Waals surface area contributed by atoms with E-state index in [0.29, 0.717) is 12.0 Å². The highest BCUT2D eigenvalue weighted by molar-refractivity contribution is 4.73. The van der Waals surface area contributed by atoms with Gasteiger partial charge in [-0.15, -0.1) is 0 Å². The number of nitrogens with zero attached hydrogens (tertiary/aromatic N) is 2. The zero-order valence-corrected chi connectivity index (χ0v) is 11.9. The first-order valence-corrected chi connectivity index (χ1v) is 6.76. The van der Waals surface area contributed by atoms with Gasteiger partial charge >= 0.3 is 0 Å². The van der Waals surface area contributed by atoms with Crippen LogP contribution in [-0.2, 0) is 4.74 Å². The summed E-state index contributed by atoms with van der Waals surface area (Å²) in [6, 6.07) is 0.479. The minimum atomic E-state index is 0.479. The molecule has 4 heteroatoms. The van der Waals surface area contributed by atoms with Gasteiger partial charge in [0.25, 0.3) is 0 Å². The lowest BCUT2D eigenvalue weighted by atomic mass is 10.1. The van der Waals surface area contributed by atoms with Crippen molar-refractivity contribution in [2.75, 3.05) is 60.0 Å². The van der Waals surface area contributed by atoms with Gasteiger partial charge in [0, 0.05) is 52.4 Å². The quantitative estimate of drug-likeness (QED) is 0.704. The van der Waals surface area contributed by atoms with Crippen molar-refractivity contribution < 1.29 is 4.74 Å². The van der Waals surface area contributed by atoms with Gasteiger partial charge in [0.1, 0.15) is 0 Å². The fourth-order valence-electron chi connectivity index (χ4n) is 2.15. The molecule has 0 aromatic rings. The molecule has 102 valence electrons. The second-order valence-corrected chi connectivity index (χ2v) is 5.40. The summed E-state index contributed by atoms with van der Waals surface area (Å²) in [7, 11) is 3.97. The SMILES string of the molecule is COCC(NCCN1CCN(C)CC1)C(C)C. The van der Waals surface area contributed by atoms with E-state index >= 15 is 0 Å². The second-order valence-electron chi connectivity index (χ2n) is 5.40. The molecule has 0 spiro atoms. The van der Waals surface area contributed by atoms with Crippen molar-refractivity contribution >= 4 is 0 Å². The first kappa shape index (κ1) is 14.9. The summed E-state index contributed by atoms with van der Waals surface area (Å²) in [5, 5.41) is 3.60. The van der Waals surface area contributed by atoms with Crippen molar-refractivity contribution in [1.29, 1.82) is 0 Å². The maximum atomic E-state index is 5.24. The van der Waals surface area contributed by atoms with Crippen molar-refractivity contribution in [2.24, 2.45) is 5.92 Å². The van der Waals surface area contributed by atoms with Crippen LogP contribution in [0.5, 0.6) is 0 Å². The Kier molecular flexibility index (Phi) is 7.04. The molecule has 1 fully saturated rings. The van der Waals surface area contributed by atoms with Gasteiger partial charge in [-0.1, -0.05) is 13.8 Å². The molecule has 0 aromatic carbocycles. The monoisotopic (exact) mass is 243 g/mol. The summed E-state index contributed by atoms with van der Waals surface area (Å²) < 4.78 is 5.24. The molecule has 0 bridgehead atoms. The van der Waals surface area contributed by atoms with Gasteiger partial charge in [-0.05, 0) is 13.0 Å². The Bertz CT molecular complexity index is 191. The van der Waals surface area contributed by atoms with Crippen LogP contribution in [0.15, 0.2) is 0 Å². The molecule has 0 aliphatic carbocycles. The van der Waals surface area contributed by atoms with Crippen LogP contribution in [0.1, 0.15) is 13.8 Å². The van der Waals surface area contributed by atoms with Crippen LogP contribution in [0.2, 0.25) is 0 Å². The van der Waals surface area contributed by atoms with E-state index in [9.17, 15) is 0 Å². The third kappa shape index (κ3) is 5.82. The third-order valence-corrected chi connectivity index (χ3v) is 3.58. The minimum Gasteiger partial charge on any atom is -0.383 e. The summed E-state index contributed by atoms with van der Waals surface area (Å²) in [6.07, 6.45) is 0. The van der Waals surface area contributed by atoms with Crippen LogP contribution in [0, 0.1) is 5.92 Å². The van der Waals surface area contributed by atoms with E-state index in [2.05, 4.69) is 36.0 Å². The number of rotatable bonds is 7. The van der Waals surface area contributed by atoms with Crippen LogP contribution in [0.4, 0.5) is 0 Å². The second kappa shape index (κ2) is 8.03. The van der Waals surface area contributed by atoms with Gasteiger partial charge in [-0.2, -0.15) is 0 Å². The molecule has 4 nitrogen and oxygen atoms in total. The third-order valence-electron chi connectivity index (χ3n) is 3.58. The van der Waals surface area contributed by atoms with Gasteiger partial charge in [0.05, 0.1) is 6.61 Å². The largest absolute Gasteiger partial charge is 0.383 e. The minimum absolute atomic E-state index is 0.479. The molecule has 1 saturated heterocycles. The molecule has 0 aromatic heterocycles. The van der Waals surface area contributed by atoms with Crippen molar-refractivity contribution in [3.8, 4) is 0 Å². The van der Waals surface area contributed by atoms with Crippen molar-refractivity contribution in [1.82, 2.24) is 15.1 Å². The van der Waals surface area contributed by atoms with Gasteiger partial charge < -0.3 is 15.0 Å². The number of methoxy groups -OCH3 is 1. The molecule has 1 N–H and O–H groups in total. The Morgan fingerprint density at radius 3 is 2.35 bits per heavy atom. The zero-order valence-electron chi connectivity index (χ0n) is 11.9. The standard InChI is InChI=1S/C13H29N3O/c1-12(2)13(11-17-4)14-5-6-16-9-7-15(3)8-10-16/h12-14H,5-11H2,1-4H3. The predicted molar refractivity (Wildman–Crippen MR) is 72.4 cm³/mol. The Morgan fingerprint density at radius 1 is 1.18 bits per heavy atom. The molecule has 0 saturated carbocycles. The maximum absolute atomic E-state index is 5.24. The highest BCUT2D eigenvalue weighted by Crippen LogP contribution is 2.02. The zero-order chi connectivity index (χ0) is 12.7. The molecule has 1 aliphatic heterocycles. The van der Waals surface area contributed by atoms with Crippen molar-refractivity contribution in [2.45, 2.75) is 19.9 Å². The summed E-state index contributed by atoms with van der Waals surface area (Å²) in [6.45, 7) is 12.3. The van der Waals surface area contributed by atoms with E-state index in [-0.39, 0.29) is 0 Å². The summed E-state index contributed by atoms with van der Waals surface area (Å²) in [5.74, 6) is 0.627. The van der Waals surface area contributed by atoms with Crippen LogP contribution >= 0.6 is 0 Å². The topological polar surface area (TPSA) is 27.7 Å². The molecule has 0 radical (unpaired) electrons. The van der Waals surface area contributed by atoms with Crippen molar-refractivity contribution in [3.63, 3.8) is 0 Å². The number of nitrogens with one attached hydrogen (secondary N) is 1. The molecule has 17 heavy (non-hydrogen) atoms. The highest BCUT2D eigenvalue weighted by atomic mass is 16.5. The Morgan fingerprint density at radius 2 is 1.82 bits per heavy atom. The molecule has 1 atom stereocenters. The van der Waals surface area contributed by atoms with Gasteiger partial charge in [-0.3, -0.25) is 4.90 Å². The predicted octanol–water partition coefficient (Wildman–Crippen LogP) is 0.494. The molecule has 1 aliphatic rings. The van der Waals surface area contributed by atoms with Gasteiger partial charge in [-0.25, -0.2) is 0 Å². The van der Waals surface area contributed by atoms with E-state index in [1.165, 1.54) is 26.2 Å². The molecular weight excluding hydrogens is 214 g/mol. The number of likely N-dealkylation sites (N-methyl/N-ethyl adjacent to an activating group) is 1. The lowest BCUT2D eigenvalue weighted by molar-refractivity contribution is 0.133. The van der Waals surface area contributed by atoms with E-state index in [1.807, 2.05) is 0 Å². The van der Waals surface area contributed by atoms with E-state index in [1.54, 1.807) is 7.11 Å². The Hall–Kier alpha value is -0.160. The summed E-state index contributed by atoms with van der Waals surface area (Å²) in [4.78, 5) is 4.93. The summed E-state index contributed by atoms with van der Waals surface area (Å²) >= 11 is 0. The normalized spacial score (nSPS) is 21.0. The van der Waals surface area contributed by atoms with Gasteiger partial charge in [0.15, 0.2) is 0 Å². The van der Waals surface area contributed by atoms with Crippen molar-refractivity contribution in [3.05, 3.63) is 0 Å². The molecule has 1 unspecified atom stereocenters. The molecule has 1 rings (SSSR count). The van der Waals surface area contributed by atoms with Crippen LogP contribution in [-0.4, -0.2) is 75.9 Å². The fourth-order valence-corrected chi connectivity index (χ4v) is 2.15. The first-order valence-electron chi connectivity index (χ1n) is 6.76. The first-order chi connectivity index (χ1) is 8.13. The highest BCUT2D eigenvalue weighted by Gasteiger charge is 2.15. The molecule has 1 heterocycles. The van der Waals surface area contributed by atoms with E-state index < -0.39 is 0 Å². The number of ether oxygens (including phenoxy) is 1. The Balaban J connectivity index is 2.13. The van der Waals surface area contributed by atoms with Crippen LogP contribution in [0.25, 0.3) is 0 Å². The molecular formula is C13H29N3O. The fraction of sp³-hybridized carbons (Fsp3) is 1.00. The average Bonchev–Trinajstić information content (AvgIpc) is 2.30. The van der Waals surface area contributed by atoms with Crippen LogP contribution < -0.4 is 5.32 Å². The number of hydrogen-bond acceptors (Lipinski definition) is 4. The number of hydrogen-bond donors (Lipinski definition) is 1. The lowest BCUT2D eigenvalue weighted by Gasteiger charge is -2.33. The van der Waals surface area contributed by atoms with Crippen LogP contribution in [0.3, 0.4) is 0 Å². The van der Waals surface area contributed by atoms with Gasteiger partial charge in [0.2, 0.25) is 0 Å². The average molecular weight is 243 g/mol. The smallest absolute Gasteiger partial charge is 0.0618 e. The molecule has 0 amide bonds. The van der Waals surface area contributed by atoms with E-state index in [4.69, 9.17) is 4.74 Å².